The van der Waals surface area contributed by atoms with Crippen LogP contribution < -0.4 is 5.32 Å². The maximum atomic E-state index is 10.8. The van der Waals surface area contributed by atoms with E-state index in [1.54, 1.807) is 19.2 Å². The number of rotatable bonds is 7. The Morgan fingerprint density at radius 1 is 1.05 bits per heavy atom. The summed E-state index contributed by atoms with van der Waals surface area (Å²) in [6.07, 6.45) is 0. The third kappa shape index (κ3) is 4.41. The Morgan fingerprint density at radius 2 is 1.71 bits per heavy atom. The van der Waals surface area contributed by atoms with Gasteiger partial charge >= 0.3 is 5.97 Å². The number of carboxylic acid groups (broad SMARTS) is 1. The van der Waals surface area contributed by atoms with Gasteiger partial charge in [-0.2, -0.15) is 0 Å². The quantitative estimate of drug-likeness (QED) is 0.821. The molecule has 2 N–H and O–H groups in total. The summed E-state index contributed by atoms with van der Waals surface area (Å²) in [7, 11) is 1.69. The first-order valence-electron chi connectivity index (χ1n) is 6.79. The molecule has 0 saturated carbocycles. The van der Waals surface area contributed by atoms with Gasteiger partial charge in [-0.15, -0.1) is 0 Å². The average molecular weight is 285 g/mol. The Bertz CT molecular complexity index is 593. The number of ether oxygens (including phenoxy) is 1. The lowest BCUT2D eigenvalue weighted by atomic mass is 10.1. The fourth-order valence-electron chi connectivity index (χ4n) is 2.13. The number of hydrogen-bond donors (Lipinski definition) is 2. The van der Waals surface area contributed by atoms with Crippen molar-refractivity contribution in [3.05, 3.63) is 70.8 Å². The van der Waals surface area contributed by atoms with Gasteiger partial charge in [0.2, 0.25) is 0 Å². The van der Waals surface area contributed by atoms with E-state index in [2.05, 4.69) is 17.4 Å². The molecule has 0 spiro atoms. The highest BCUT2D eigenvalue weighted by Gasteiger charge is 2.03. The zero-order valence-corrected chi connectivity index (χ0v) is 12.0. The van der Waals surface area contributed by atoms with Crippen molar-refractivity contribution in [3.63, 3.8) is 0 Å². The summed E-state index contributed by atoms with van der Waals surface area (Å²) in [6, 6.07) is 15.1. The molecule has 110 valence electrons. The molecule has 21 heavy (non-hydrogen) atoms. The summed E-state index contributed by atoms with van der Waals surface area (Å²) in [6.45, 7) is 2.05. The summed E-state index contributed by atoms with van der Waals surface area (Å²) < 4.78 is 5.19. The van der Waals surface area contributed by atoms with E-state index >= 15 is 0 Å². The zero-order valence-electron chi connectivity index (χ0n) is 12.0. The van der Waals surface area contributed by atoms with Gasteiger partial charge < -0.3 is 15.2 Å². The normalized spacial score (nSPS) is 10.5. The molecule has 2 aromatic carbocycles. The second-order valence-electron chi connectivity index (χ2n) is 4.81. The van der Waals surface area contributed by atoms with E-state index in [1.807, 2.05) is 24.3 Å². The van der Waals surface area contributed by atoms with Gasteiger partial charge in [0.15, 0.2) is 0 Å². The minimum atomic E-state index is -0.900. The summed E-state index contributed by atoms with van der Waals surface area (Å²) in [5, 5.41) is 12.2. The summed E-state index contributed by atoms with van der Waals surface area (Å²) in [5.41, 5.74) is 3.75. The van der Waals surface area contributed by atoms with Crippen LogP contribution in [0.3, 0.4) is 0 Å². The highest BCUT2D eigenvalue weighted by molar-refractivity contribution is 5.87. The highest BCUT2D eigenvalue weighted by Crippen LogP contribution is 2.10. The SMILES string of the molecule is COCc1ccccc1CNCc1ccc(C(=O)O)cc1. The van der Waals surface area contributed by atoms with Crippen LogP contribution in [-0.4, -0.2) is 18.2 Å². The van der Waals surface area contributed by atoms with E-state index in [-0.39, 0.29) is 0 Å². The van der Waals surface area contributed by atoms with E-state index in [0.29, 0.717) is 18.7 Å². The molecule has 0 radical (unpaired) electrons. The van der Waals surface area contributed by atoms with Crippen LogP contribution in [0.1, 0.15) is 27.0 Å². The third-order valence-electron chi connectivity index (χ3n) is 3.26. The third-order valence-corrected chi connectivity index (χ3v) is 3.26. The Morgan fingerprint density at radius 3 is 2.33 bits per heavy atom. The van der Waals surface area contributed by atoms with Gasteiger partial charge in [0, 0.05) is 20.2 Å². The lowest BCUT2D eigenvalue weighted by molar-refractivity contribution is 0.0697. The van der Waals surface area contributed by atoms with Crippen LogP contribution in [0.5, 0.6) is 0 Å². The van der Waals surface area contributed by atoms with Crippen LogP contribution in [0.4, 0.5) is 0 Å². The number of methoxy groups -OCH3 is 1. The van der Waals surface area contributed by atoms with E-state index in [9.17, 15) is 4.79 Å². The number of benzene rings is 2. The van der Waals surface area contributed by atoms with Crippen molar-refractivity contribution in [1.29, 1.82) is 0 Å². The summed E-state index contributed by atoms with van der Waals surface area (Å²) >= 11 is 0. The van der Waals surface area contributed by atoms with Crippen LogP contribution in [0.15, 0.2) is 48.5 Å². The largest absolute Gasteiger partial charge is 0.478 e. The van der Waals surface area contributed by atoms with Crippen LogP contribution >= 0.6 is 0 Å². The predicted molar refractivity (Wildman–Crippen MR) is 81.1 cm³/mol. The molecule has 0 bridgehead atoms. The molecule has 0 aliphatic carbocycles. The number of nitrogens with one attached hydrogen (secondary N) is 1. The first-order valence-corrected chi connectivity index (χ1v) is 6.79. The molecule has 0 unspecified atom stereocenters. The van der Waals surface area contributed by atoms with Gasteiger partial charge in [0.25, 0.3) is 0 Å². The van der Waals surface area contributed by atoms with Crippen molar-refractivity contribution in [2.24, 2.45) is 0 Å². The smallest absolute Gasteiger partial charge is 0.335 e. The Balaban J connectivity index is 1.91. The minimum Gasteiger partial charge on any atom is -0.478 e. The van der Waals surface area contributed by atoms with Gasteiger partial charge in [-0.1, -0.05) is 36.4 Å². The van der Waals surface area contributed by atoms with Crippen LogP contribution in [-0.2, 0) is 24.4 Å². The zero-order chi connectivity index (χ0) is 15.1. The number of hydrogen-bond acceptors (Lipinski definition) is 3. The Hall–Kier alpha value is -2.17. The van der Waals surface area contributed by atoms with Crippen molar-refractivity contribution < 1.29 is 14.6 Å². The molecule has 0 amide bonds. The Labute approximate surface area is 124 Å². The molecule has 2 aromatic rings. The molecular weight excluding hydrogens is 266 g/mol. The first-order chi connectivity index (χ1) is 10.2. The van der Waals surface area contributed by atoms with Gasteiger partial charge in [0.05, 0.1) is 12.2 Å². The molecule has 0 aliphatic heterocycles. The molecular formula is C17H19NO3. The molecule has 4 nitrogen and oxygen atoms in total. The van der Waals surface area contributed by atoms with E-state index < -0.39 is 5.97 Å². The first kappa shape index (κ1) is 15.2. The highest BCUT2D eigenvalue weighted by atomic mass is 16.5. The number of aromatic carboxylic acids is 1. The topological polar surface area (TPSA) is 58.6 Å². The van der Waals surface area contributed by atoms with Crippen LogP contribution in [0.2, 0.25) is 0 Å². The molecule has 0 saturated heterocycles. The van der Waals surface area contributed by atoms with E-state index in [0.717, 1.165) is 12.1 Å². The van der Waals surface area contributed by atoms with E-state index in [1.165, 1.54) is 11.1 Å². The summed E-state index contributed by atoms with van der Waals surface area (Å²) in [4.78, 5) is 10.8. The molecule has 0 fully saturated rings. The maximum absolute atomic E-state index is 10.8. The van der Waals surface area contributed by atoms with Crippen molar-refractivity contribution in [1.82, 2.24) is 5.32 Å². The fourth-order valence-corrected chi connectivity index (χ4v) is 2.13. The Kier molecular flexibility index (Phi) is 5.49. The molecule has 0 heterocycles. The lowest BCUT2D eigenvalue weighted by Crippen LogP contribution is -2.14. The standard InChI is InChI=1S/C17H19NO3/c1-21-12-16-5-3-2-4-15(16)11-18-10-13-6-8-14(9-7-13)17(19)20/h2-9,18H,10-12H2,1H3,(H,19,20). The number of carboxylic acids is 1. The van der Waals surface area contributed by atoms with Crippen molar-refractivity contribution >= 4 is 5.97 Å². The number of carbonyl (C=O) groups is 1. The second kappa shape index (κ2) is 7.57. The second-order valence-corrected chi connectivity index (χ2v) is 4.81. The molecule has 0 aliphatic rings. The van der Waals surface area contributed by atoms with Crippen LogP contribution in [0, 0.1) is 0 Å². The van der Waals surface area contributed by atoms with Crippen molar-refractivity contribution in [3.8, 4) is 0 Å². The lowest BCUT2D eigenvalue weighted by Gasteiger charge is -2.10. The van der Waals surface area contributed by atoms with Gasteiger partial charge in [-0.05, 0) is 28.8 Å². The molecule has 4 heteroatoms. The minimum absolute atomic E-state index is 0.309. The molecule has 0 aromatic heterocycles. The van der Waals surface area contributed by atoms with Crippen LogP contribution in [0.25, 0.3) is 0 Å². The molecule has 2 rings (SSSR count). The fraction of sp³-hybridized carbons (Fsp3) is 0.235. The maximum Gasteiger partial charge on any atom is 0.335 e. The summed E-state index contributed by atoms with van der Waals surface area (Å²) in [5.74, 6) is -0.900. The average Bonchev–Trinajstić information content (AvgIpc) is 2.50. The van der Waals surface area contributed by atoms with Gasteiger partial charge in [-0.25, -0.2) is 4.79 Å². The predicted octanol–water partition coefficient (Wildman–Crippen LogP) is 2.82. The van der Waals surface area contributed by atoms with Crippen molar-refractivity contribution in [2.45, 2.75) is 19.7 Å². The monoisotopic (exact) mass is 285 g/mol. The van der Waals surface area contributed by atoms with Gasteiger partial charge in [0.1, 0.15) is 0 Å². The van der Waals surface area contributed by atoms with Crippen molar-refractivity contribution in [2.75, 3.05) is 7.11 Å². The van der Waals surface area contributed by atoms with E-state index in [4.69, 9.17) is 9.84 Å². The van der Waals surface area contributed by atoms with Gasteiger partial charge in [-0.3, -0.25) is 0 Å². The molecule has 0 atom stereocenters.